The molecule has 0 aromatic heterocycles. The van der Waals surface area contributed by atoms with Gasteiger partial charge in [-0.2, -0.15) is 5.26 Å². The van der Waals surface area contributed by atoms with E-state index in [0.29, 0.717) is 26.5 Å². The van der Waals surface area contributed by atoms with Gasteiger partial charge in [0.05, 0.1) is 21.3 Å². The lowest BCUT2D eigenvalue weighted by Crippen LogP contribution is -2.13. The zero-order valence-electron chi connectivity index (χ0n) is 15.7. The summed E-state index contributed by atoms with van der Waals surface area (Å²) in [6.07, 6.45) is 1.44. The van der Waals surface area contributed by atoms with Crippen LogP contribution in [-0.2, 0) is 4.79 Å². The third-order valence-electron chi connectivity index (χ3n) is 4.04. The molecule has 0 saturated heterocycles. The summed E-state index contributed by atoms with van der Waals surface area (Å²) >= 11 is 15.1. The van der Waals surface area contributed by atoms with Crippen LogP contribution in [0.4, 0.5) is 5.69 Å². The number of hydrogen-bond acceptors (Lipinski definition) is 4. The highest BCUT2D eigenvalue weighted by molar-refractivity contribution is 9.10. The predicted molar refractivity (Wildman–Crippen MR) is 124 cm³/mol. The van der Waals surface area contributed by atoms with Gasteiger partial charge >= 0.3 is 5.97 Å². The number of nitriles is 1. The maximum Gasteiger partial charge on any atom is 0.343 e. The Bertz CT molecular complexity index is 1220. The van der Waals surface area contributed by atoms with E-state index < -0.39 is 11.9 Å². The summed E-state index contributed by atoms with van der Waals surface area (Å²) in [6.45, 7) is 0. The Morgan fingerprint density at radius 3 is 2.35 bits per heavy atom. The molecule has 0 fully saturated rings. The van der Waals surface area contributed by atoms with E-state index in [-0.39, 0.29) is 16.2 Å². The van der Waals surface area contributed by atoms with Gasteiger partial charge in [0.1, 0.15) is 17.4 Å². The molecule has 0 unspecified atom stereocenters. The first-order valence-electron chi connectivity index (χ1n) is 8.82. The van der Waals surface area contributed by atoms with Crippen LogP contribution >= 0.6 is 39.1 Å². The Hall–Kier alpha value is -3.11. The highest BCUT2D eigenvalue weighted by Gasteiger charge is 2.13. The van der Waals surface area contributed by atoms with Gasteiger partial charge in [-0.1, -0.05) is 47.5 Å². The zero-order chi connectivity index (χ0) is 22.4. The minimum Gasteiger partial charge on any atom is -0.423 e. The smallest absolute Gasteiger partial charge is 0.343 e. The Kier molecular flexibility index (Phi) is 7.48. The molecule has 0 heterocycles. The van der Waals surface area contributed by atoms with Gasteiger partial charge in [0, 0.05) is 4.47 Å². The minimum atomic E-state index is -0.590. The van der Waals surface area contributed by atoms with Crippen LogP contribution in [0.1, 0.15) is 15.9 Å². The molecule has 0 bridgehead atoms. The fourth-order valence-electron chi connectivity index (χ4n) is 2.49. The number of hydrogen-bond donors (Lipinski definition) is 1. The highest BCUT2D eigenvalue weighted by atomic mass is 79.9. The number of nitrogens with one attached hydrogen (secondary N) is 1. The van der Waals surface area contributed by atoms with E-state index >= 15 is 0 Å². The first-order valence-corrected chi connectivity index (χ1v) is 10.4. The molecule has 8 heteroatoms. The van der Waals surface area contributed by atoms with E-state index in [0.717, 1.165) is 0 Å². The Morgan fingerprint density at radius 1 is 1.00 bits per heavy atom. The molecule has 5 nitrogen and oxygen atoms in total. The molecule has 1 N–H and O–H groups in total. The number of amides is 1. The van der Waals surface area contributed by atoms with Crippen molar-refractivity contribution in [2.24, 2.45) is 0 Å². The van der Waals surface area contributed by atoms with Gasteiger partial charge < -0.3 is 10.1 Å². The molecule has 0 aliphatic rings. The van der Waals surface area contributed by atoms with E-state index in [4.69, 9.17) is 27.9 Å². The van der Waals surface area contributed by atoms with Crippen LogP contribution in [0, 0.1) is 11.3 Å². The Balaban J connectivity index is 1.70. The molecule has 3 aromatic rings. The van der Waals surface area contributed by atoms with Crippen molar-refractivity contribution in [2.75, 3.05) is 5.32 Å². The number of para-hydroxylation sites is 1. The average Bonchev–Trinajstić information content (AvgIpc) is 2.76. The standard InChI is InChI=1S/C23H13BrCl2N2O3/c24-18-3-1-2-4-21(18)28-22(29)16(13-27)11-14-5-8-17(9-6-14)31-23(30)15-7-10-19(25)20(26)12-15/h1-12H,(H,28,29)/b16-11+. The van der Waals surface area contributed by atoms with Crippen molar-refractivity contribution in [3.05, 3.63) is 97.9 Å². The summed E-state index contributed by atoms with van der Waals surface area (Å²) < 4.78 is 6.01. The molecule has 31 heavy (non-hydrogen) atoms. The lowest BCUT2D eigenvalue weighted by Gasteiger charge is -2.07. The fourth-order valence-corrected chi connectivity index (χ4v) is 3.17. The third kappa shape index (κ3) is 5.96. The average molecular weight is 516 g/mol. The van der Waals surface area contributed by atoms with Crippen LogP contribution in [-0.4, -0.2) is 11.9 Å². The largest absolute Gasteiger partial charge is 0.423 e. The van der Waals surface area contributed by atoms with Crippen LogP contribution in [0.25, 0.3) is 6.08 Å². The normalized spacial score (nSPS) is 10.8. The molecule has 0 saturated carbocycles. The van der Waals surface area contributed by atoms with Crippen molar-refractivity contribution in [2.45, 2.75) is 0 Å². The van der Waals surface area contributed by atoms with Crippen molar-refractivity contribution in [1.29, 1.82) is 5.26 Å². The molecule has 0 aliphatic heterocycles. The number of esters is 1. The molecule has 154 valence electrons. The van der Waals surface area contributed by atoms with Crippen LogP contribution in [0.5, 0.6) is 5.75 Å². The van der Waals surface area contributed by atoms with Gasteiger partial charge in [-0.15, -0.1) is 0 Å². The minimum absolute atomic E-state index is 0.0729. The maximum atomic E-state index is 12.4. The molecule has 3 rings (SSSR count). The summed E-state index contributed by atoms with van der Waals surface area (Å²) in [7, 11) is 0. The van der Waals surface area contributed by atoms with Crippen molar-refractivity contribution < 1.29 is 14.3 Å². The number of ether oxygens (including phenoxy) is 1. The van der Waals surface area contributed by atoms with E-state index in [9.17, 15) is 14.9 Å². The van der Waals surface area contributed by atoms with E-state index in [1.54, 1.807) is 42.5 Å². The number of carbonyl (C=O) groups excluding carboxylic acids is 2. The fraction of sp³-hybridized carbons (Fsp3) is 0. The lowest BCUT2D eigenvalue weighted by molar-refractivity contribution is -0.112. The second kappa shape index (κ2) is 10.3. The Labute approximate surface area is 197 Å². The molecule has 0 spiro atoms. The third-order valence-corrected chi connectivity index (χ3v) is 5.47. The van der Waals surface area contributed by atoms with Gasteiger partial charge in [-0.05, 0) is 70.0 Å². The molecule has 3 aromatic carbocycles. The molecule has 0 atom stereocenters. The van der Waals surface area contributed by atoms with E-state index in [1.165, 1.54) is 24.3 Å². The number of carbonyl (C=O) groups is 2. The topological polar surface area (TPSA) is 79.2 Å². The van der Waals surface area contributed by atoms with Gasteiger partial charge in [0.15, 0.2) is 0 Å². The first-order chi connectivity index (χ1) is 14.9. The summed E-state index contributed by atoms with van der Waals surface area (Å²) in [5, 5.41) is 12.6. The lowest BCUT2D eigenvalue weighted by atomic mass is 10.1. The van der Waals surface area contributed by atoms with E-state index in [2.05, 4.69) is 21.2 Å². The summed E-state index contributed by atoms with van der Waals surface area (Å²) in [5.41, 5.74) is 1.33. The predicted octanol–water partition coefficient (Wildman–Crippen LogP) is 6.52. The van der Waals surface area contributed by atoms with E-state index in [1.807, 2.05) is 12.1 Å². The molecule has 0 aliphatic carbocycles. The van der Waals surface area contributed by atoms with Crippen molar-refractivity contribution in [1.82, 2.24) is 0 Å². The molecular weight excluding hydrogens is 503 g/mol. The van der Waals surface area contributed by atoms with Crippen molar-refractivity contribution in [3.63, 3.8) is 0 Å². The molecule has 1 amide bonds. The summed E-state index contributed by atoms with van der Waals surface area (Å²) in [6, 6.07) is 19.8. The van der Waals surface area contributed by atoms with Crippen molar-refractivity contribution >= 4 is 62.8 Å². The zero-order valence-corrected chi connectivity index (χ0v) is 18.8. The van der Waals surface area contributed by atoms with Crippen LogP contribution in [0.15, 0.2) is 76.8 Å². The number of anilines is 1. The Morgan fingerprint density at radius 2 is 1.71 bits per heavy atom. The summed E-state index contributed by atoms with van der Waals surface area (Å²) in [4.78, 5) is 24.7. The number of rotatable bonds is 5. The van der Waals surface area contributed by atoms with Gasteiger partial charge in [-0.25, -0.2) is 4.79 Å². The monoisotopic (exact) mass is 514 g/mol. The maximum absolute atomic E-state index is 12.4. The first kappa shape index (κ1) is 22.6. The highest BCUT2D eigenvalue weighted by Crippen LogP contribution is 2.24. The quantitative estimate of drug-likeness (QED) is 0.181. The number of nitrogens with zero attached hydrogens (tertiary/aromatic N) is 1. The summed E-state index contributed by atoms with van der Waals surface area (Å²) in [5.74, 6) is -0.832. The number of halogens is 3. The second-order valence-electron chi connectivity index (χ2n) is 6.19. The van der Waals surface area contributed by atoms with Gasteiger partial charge in [-0.3, -0.25) is 4.79 Å². The molecule has 0 radical (unpaired) electrons. The van der Waals surface area contributed by atoms with Crippen LogP contribution < -0.4 is 10.1 Å². The van der Waals surface area contributed by atoms with Gasteiger partial charge in [0.2, 0.25) is 0 Å². The van der Waals surface area contributed by atoms with Crippen LogP contribution in [0.3, 0.4) is 0 Å². The SMILES string of the molecule is N#C/C(=C\c1ccc(OC(=O)c2ccc(Cl)c(Cl)c2)cc1)C(=O)Nc1ccccc1Br. The molecular formula is C23H13BrCl2N2O3. The second-order valence-corrected chi connectivity index (χ2v) is 7.86. The van der Waals surface area contributed by atoms with Gasteiger partial charge in [0.25, 0.3) is 5.91 Å². The van der Waals surface area contributed by atoms with Crippen LogP contribution in [0.2, 0.25) is 10.0 Å². The van der Waals surface area contributed by atoms with Crippen molar-refractivity contribution in [3.8, 4) is 11.8 Å². The number of benzene rings is 3.